The predicted molar refractivity (Wildman–Crippen MR) is 132 cm³/mol. The molecule has 0 radical (unpaired) electrons. The van der Waals surface area contributed by atoms with E-state index in [4.69, 9.17) is 16.3 Å². The van der Waals surface area contributed by atoms with Gasteiger partial charge in [-0.3, -0.25) is 9.59 Å². The number of methoxy groups -OCH3 is 1. The molecule has 0 aliphatic heterocycles. The number of benzene rings is 2. The maximum absolute atomic E-state index is 13.0. The molecule has 4 fully saturated rings. The van der Waals surface area contributed by atoms with E-state index in [2.05, 4.69) is 10.6 Å². The third-order valence-electron chi connectivity index (χ3n) is 7.34. The van der Waals surface area contributed by atoms with Crippen molar-refractivity contribution in [3.05, 3.63) is 53.1 Å². The molecule has 5 nitrogen and oxygen atoms in total. The molecule has 0 saturated heterocycles. The van der Waals surface area contributed by atoms with Crippen molar-refractivity contribution in [2.45, 2.75) is 49.0 Å². The number of hydrogen-bond acceptors (Lipinski definition) is 4. The van der Waals surface area contributed by atoms with Crippen molar-refractivity contribution in [1.29, 1.82) is 0 Å². The van der Waals surface area contributed by atoms with Gasteiger partial charge in [0.1, 0.15) is 5.75 Å². The molecule has 2 N–H and O–H groups in total. The minimum absolute atomic E-state index is 0.00637. The summed E-state index contributed by atoms with van der Waals surface area (Å²) in [6.07, 6.45) is 7.46. The summed E-state index contributed by atoms with van der Waals surface area (Å²) < 4.78 is 5.33. The van der Waals surface area contributed by atoms with Gasteiger partial charge in [0, 0.05) is 15.5 Å². The summed E-state index contributed by atoms with van der Waals surface area (Å²) in [6, 6.07) is 12.4. The molecule has 4 aliphatic rings. The Morgan fingerprint density at radius 2 is 1.73 bits per heavy atom. The van der Waals surface area contributed by atoms with E-state index in [0.717, 1.165) is 41.9 Å². The Bertz CT molecular complexity index is 1040. The number of nitrogens with one attached hydrogen (secondary N) is 2. The molecular formula is C26H29ClN2O3S. The van der Waals surface area contributed by atoms with Crippen LogP contribution in [0.15, 0.2) is 47.4 Å². The van der Waals surface area contributed by atoms with Gasteiger partial charge < -0.3 is 15.4 Å². The largest absolute Gasteiger partial charge is 0.495 e. The van der Waals surface area contributed by atoms with E-state index in [1.54, 1.807) is 31.4 Å². The Morgan fingerprint density at radius 1 is 1.06 bits per heavy atom. The van der Waals surface area contributed by atoms with E-state index in [1.165, 1.54) is 31.0 Å². The zero-order valence-electron chi connectivity index (χ0n) is 18.7. The van der Waals surface area contributed by atoms with Gasteiger partial charge in [-0.25, -0.2) is 0 Å². The van der Waals surface area contributed by atoms with Crippen molar-refractivity contribution in [2.24, 2.45) is 17.8 Å². The number of ether oxygens (including phenoxy) is 1. The minimum Gasteiger partial charge on any atom is -0.495 e. The summed E-state index contributed by atoms with van der Waals surface area (Å²) >= 11 is 7.50. The van der Waals surface area contributed by atoms with E-state index in [0.29, 0.717) is 27.8 Å². The normalized spacial score (nSPS) is 27.3. The zero-order valence-corrected chi connectivity index (χ0v) is 20.3. The molecule has 6 rings (SSSR count). The topological polar surface area (TPSA) is 67.4 Å². The summed E-state index contributed by atoms with van der Waals surface area (Å²) in [5.74, 6) is 3.00. The van der Waals surface area contributed by atoms with Crippen LogP contribution in [-0.4, -0.2) is 30.2 Å². The fourth-order valence-corrected chi connectivity index (χ4v) is 7.51. The van der Waals surface area contributed by atoms with Crippen LogP contribution in [0, 0.1) is 17.8 Å². The lowest BCUT2D eigenvalue weighted by Gasteiger charge is -2.56. The van der Waals surface area contributed by atoms with Gasteiger partial charge >= 0.3 is 0 Å². The second-order valence-corrected chi connectivity index (χ2v) is 11.3. The van der Waals surface area contributed by atoms with Crippen LogP contribution in [0.3, 0.4) is 0 Å². The van der Waals surface area contributed by atoms with Crippen LogP contribution in [0.25, 0.3) is 0 Å². The quantitative estimate of drug-likeness (QED) is 0.489. The van der Waals surface area contributed by atoms with Crippen LogP contribution in [0.4, 0.5) is 5.69 Å². The average Bonchev–Trinajstić information content (AvgIpc) is 2.77. The van der Waals surface area contributed by atoms with Gasteiger partial charge in [-0.2, -0.15) is 0 Å². The van der Waals surface area contributed by atoms with Crippen molar-refractivity contribution in [3.8, 4) is 5.75 Å². The number of amides is 2. The minimum atomic E-state index is -0.264. The highest BCUT2D eigenvalue weighted by Gasteiger charge is 2.51. The molecule has 0 spiro atoms. The predicted octanol–water partition coefficient (Wildman–Crippen LogP) is 5.78. The summed E-state index contributed by atoms with van der Waals surface area (Å²) in [5, 5.41) is 6.81. The second kappa shape index (κ2) is 9.22. The number of thioether (sulfide) groups is 1. The van der Waals surface area contributed by atoms with Crippen LogP contribution in [-0.2, 0) is 4.79 Å². The van der Waals surface area contributed by atoms with Crippen molar-refractivity contribution >= 4 is 40.9 Å². The standard InChI is InChI=1S/C26H29ClN2O3S/c1-32-22-7-6-19(27)11-21(22)28-25(31)20-4-2-3-5-23(20)33-15-24(30)29-26-12-16-8-17(13-26)10-18(9-16)14-26/h2-7,11,16-18H,8-10,12-15H2,1H3,(H,28,31)(H,29,30). The van der Waals surface area contributed by atoms with E-state index in [-0.39, 0.29) is 17.4 Å². The second-order valence-electron chi connectivity index (χ2n) is 9.83. The first-order valence-electron chi connectivity index (χ1n) is 11.6. The first-order valence-corrected chi connectivity index (χ1v) is 13.0. The third kappa shape index (κ3) is 4.87. The maximum Gasteiger partial charge on any atom is 0.256 e. The molecule has 4 aliphatic carbocycles. The number of hydrogen-bond donors (Lipinski definition) is 2. The van der Waals surface area contributed by atoms with Gasteiger partial charge in [0.15, 0.2) is 0 Å². The van der Waals surface area contributed by atoms with Crippen molar-refractivity contribution in [1.82, 2.24) is 5.32 Å². The maximum atomic E-state index is 13.0. The fraction of sp³-hybridized carbons (Fsp3) is 0.462. The zero-order chi connectivity index (χ0) is 23.0. The lowest BCUT2D eigenvalue weighted by Crippen LogP contribution is -2.60. The molecular weight excluding hydrogens is 456 g/mol. The first-order chi connectivity index (χ1) is 15.9. The van der Waals surface area contributed by atoms with Crippen LogP contribution in [0.1, 0.15) is 48.9 Å². The van der Waals surface area contributed by atoms with Crippen LogP contribution in [0.2, 0.25) is 5.02 Å². The average molecular weight is 485 g/mol. The molecule has 2 aromatic rings. The number of carbonyl (C=O) groups is 2. The Kier molecular flexibility index (Phi) is 6.32. The molecule has 4 bridgehead atoms. The molecule has 0 unspecified atom stereocenters. The summed E-state index contributed by atoms with van der Waals surface area (Å²) in [5.41, 5.74) is 1.04. The van der Waals surface area contributed by atoms with E-state index >= 15 is 0 Å². The van der Waals surface area contributed by atoms with Crippen LogP contribution in [0.5, 0.6) is 5.75 Å². The highest BCUT2D eigenvalue weighted by molar-refractivity contribution is 8.00. The van der Waals surface area contributed by atoms with Gasteiger partial charge in [-0.15, -0.1) is 11.8 Å². The molecule has 174 valence electrons. The van der Waals surface area contributed by atoms with Crippen molar-refractivity contribution in [3.63, 3.8) is 0 Å². The lowest BCUT2D eigenvalue weighted by atomic mass is 9.53. The smallest absolute Gasteiger partial charge is 0.256 e. The molecule has 0 atom stereocenters. The molecule has 2 aromatic carbocycles. The van der Waals surface area contributed by atoms with Gasteiger partial charge in [0.05, 0.1) is 24.1 Å². The highest BCUT2D eigenvalue weighted by Crippen LogP contribution is 2.55. The molecule has 7 heteroatoms. The van der Waals surface area contributed by atoms with Crippen LogP contribution < -0.4 is 15.4 Å². The number of halogens is 1. The monoisotopic (exact) mass is 484 g/mol. The molecule has 0 heterocycles. The number of rotatable bonds is 7. The Morgan fingerprint density at radius 3 is 2.39 bits per heavy atom. The van der Waals surface area contributed by atoms with Crippen molar-refractivity contribution in [2.75, 3.05) is 18.2 Å². The Hall–Kier alpha value is -2.18. The van der Waals surface area contributed by atoms with E-state index in [9.17, 15) is 9.59 Å². The van der Waals surface area contributed by atoms with Crippen molar-refractivity contribution < 1.29 is 14.3 Å². The van der Waals surface area contributed by atoms with Gasteiger partial charge in [0.25, 0.3) is 5.91 Å². The first kappa shape index (κ1) is 22.6. The Balaban J connectivity index is 1.24. The fourth-order valence-electron chi connectivity index (χ4n) is 6.49. The molecule has 33 heavy (non-hydrogen) atoms. The van der Waals surface area contributed by atoms with Crippen LogP contribution >= 0.6 is 23.4 Å². The van der Waals surface area contributed by atoms with E-state index < -0.39 is 0 Å². The van der Waals surface area contributed by atoms with Gasteiger partial charge in [-0.05, 0) is 86.6 Å². The molecule has 0 aromatic heterocycles. The SMILES string of the molecule is COc1ccc(Cl)cc1NC(=O)c1ccccc1SCC(=O)NC12CC3CC(CC(C3)C1)C2. The number of carbonyl (C=O) groups excluding carboxylic acids is 2. The Labute approximate surface area is 204 Å². The lowest BCUT2D eigenvalue weighted by molar-refractivity contribution is -0.124. The summed E-state index contributed by atoms with van der Waals surface area (Å²) in [4.78, 5) is 26.7. The summed E-state index contributed by atoms with van der Waals surface area (Å²) in [6.45, 7) is 0. The van der Waals surface area contributed by atoms with Gasteiger partial charge in [0.2, 0.25) is 5.91 Å². The van der Waals surface area contributed by atoms with Gasteiger partial charge in [-0.1, -0.05) is 23.7 Å². The third-order valence-corrected chi connectivity index (χ3v) is 8.65. The molecule has 4 saturated carbocycles. The summed E-state index contributed by atoms with van der Waals surface area (Å²) in [7, 11) is 1.55. The highest BCUT2D eigenvalue weighted by atomic mass is 35.5. The number of anilines is 1. The molecule has 2 amide bonds. The van der Waals surface area contributed by atoms with E-state index in [1.807, 2.05) is 18.2 Å².